The van der Waals surface area contributed by atoms with E-state index in [1.165, 1.54) is 4.57 Å². The highest BCUT2D eigenvalue weighted by molar-refractivity contribution is 9.10. The number of rotatable bonds is 2. The fraction of sp³-hybridized carbons (Fsp3) is 0.429. The maximum atomic E-state index is 10.8. The Morgan fingerprint density at radius 2 is 2.23 bits per heavy atom. The van der Waals surface area contributed by atoms with E-state index >= 15 is 0 Å². The molecule has 0 saturated carbocycles. The number of carboxylic acid groups (broad SMARTS) is 1. The van der Waals surface area contributed by atoms with Gasteiger partial charge in [-0.15, -0.1) is 0 Å². The monoisotopic (exact) mass is 266 g/mol. The minimum Gasteiger partial charge on any atom is -0.476 e. The predicted octanol–water partition coefficient (Wildman–Crippen LogP) is 2.58. The van der Waals surface area contributed by atoms with Gasteiger partial charge in [0.1, 0.15) is 0 Å². The van der Waals surface area contributed by atoms with Crippen molar-refractivity contribution in [2.45, 2.75) is 19.9 Å². The Morgan fingerprint density at radius 1 is 1.69 bits per heavy atom. The summed E-state index contributed by atoms with van der Waals surface area (Å²) in [6.45, 7) is 3.71. The van der Waals surface area contributed by atoms with Gasteiger partial charge in [0.05, 0.1) is 0 Å². The highest BCUT2D eigenvalue weighted by Crippen LogP contribution is 2.25. The van der Waals surface area contributed by atoms with Crippen molar-refractivity contribution in [1.29, 1.82) is 0 Å². The van der Waals surface area contributed by atoms with Crippen LogP contribution in [-0.4, -0.2) is 20.6 Å². The Bertz CT molecular complexity index is 349. The van der Waals surface area contributed by atoms with Crippen molar-refractivity contribution in [2.24, 2.45) is 0 Å². The summed E-state index contributed by atoms with van der Waals surface area (Å²) in [7, 11) is 0. The lowest BCUT2D eigenvalue weighted by atomic mass is 10.3. The molecule has 1 N–H and O–H groups in total. The molecule has 1 rings (SSSR count). The molecule has 0 aliphatic heterocycles. The zero-order valence-corrected chi connectivity index (χ0v) is 9.43. The van der Waals surface area contributed by atoms with E-state index in [0.29, 0.717) is 4.73 Å². The quantitative estimate of drug-likeness (QED) is 0.896. The van der Waals surface area contributed by atoms with E-state index in [1.54, 1.807) is 0 Å². The summed E-state index contributed by atoms with van der Waals surface area (Å²) in [4.78, 5) is 14.6. The Labute approximate surface area is 88.7 Å². The fourth-order valence-corrected chi connectivity index (χ4v) is 2.16. The highest BCUT2D eigenvalue weighted by Gasteiger charge is 2.21. The summed E-state index contributed by atoms with van der Waals surface area (Å²) in [6, 6.07) is 0.000440. The van der Waals surface area contributed by atoms with Gasteiger partial charge in [0.15, 0.2) is 15.6 Å². The smallest absolute Gasteiger partial charge is 0.355 e. The Hall–Kier alpha value is -0.550. The first-order valence-electron chi connectivity index (χ1n) is 3.61. The van der Waals surface area contributed by atoms with Gasteiger partial charge in [-0.1, -0.05) is 11.6 Å². The second kappa shape index (κ2) is 3.67. The molecule has 0 amide bonds. The zero-order chi connectivity index (χ0) is 10.2. The van der Waals surface area contributed by atoms with Gasteiger partial charge in [0.25, 0.3) is 0 Å². The number of carbonyl (C=O) groups is 1. The van der Waals surface area contributed by atoms with Crippen LogP contribution in [0.4, 0.5) is 0 Å². The number of nitrogens with zero attached hydrogens (tertiary/aromatic N) is 2. The number of aromatic nitrogens is 2. The van der Waals surface area contributed by atoms with Crippen molar-refractivity contribution in [1.82, 2.24) is 9.55 Å². The molecule has 1 aromatic rings. The van der Waals surface area contributed by atoms with Crippen LogP contribution in [0.1, 0.15) is 30.4 Å². The van der Waals surface area contributed by atoms with Crippen molar-refractivity contribution in [3.05, 3.63) is 15.6 Å². The number of hydrogen-bond acceptors (Lipinski definition) is 2. The van der Waals surface area contributed by atoms with Gasteiger partial charge in [-0.25, -0.2) is 9.78 Å². The van der Waals surface area contributed by atoms with Crippen LogP contribution in [0.2, 0.25) is 5.15 Å². The average Bonchev–Trinajstić information content (AvgIpc) is 2.24. The van der Waals surface area contributed by atoms with E-state index in [-0.39, 0.29) is 16.9 Å². The summed E-state index contributed by atoms with van der Waals surface area (Å²) in [5.74, 6) is -1.07. The third-order valence-electron chi connectivity index (χ3n) is 1.54. The normalized spacial score (nSPS) is 10.8. The lowest BCUT2D eigenvalue weighted by Crippen LogP contribution is -2.11. The van der Waals surface area contributed by atoms with E-state index in [2.05, 4.69) is 20.9 Å². The van der Waals surface area contributed by atoms with Crippen LogP contribution in [-0.2, 0) is 0 Å². The van der Waals surface area contributed by atoms with E-state index < -0.39 is 5.97 Å². The lowest BCUT2D eigenvalue weighted by Gasteiger charge is -2.10. The third kappa shape index (κ3) is 1.86. The summed E-state index contributed by atoms with van der Waals surface area (Å²) >= 11 is 8.79. The Balaban J connectivity index is 3.38. The highest BCUT2D eigenvalue weighted by atomic mass is 79.9. The van der Waals surface area contributed by atoms with Crippen molar-refractivity contribution < 1.29 is 9.90 Å². The molecule has 72 valence electrons. The maximum absolute atomic E-state index is 10.8. The molecule has 6 heteroatoms. The number of aromatic carboxylic acids is 1. The molecule has 0 spiro atoms. The summed E-state index contributed by atoms with van der Waals surface area (Å²) < 4.78 is 1.95. The summed E-state index contributed by atoms with van der Waals surface area (Å²) in [6.07, 6.45) is 0. The van der Waals surface area contributed by atoms with Crippen LogP contribution in [0, 0.1) is 0 Å². The van der Waals surface area contributed by atoms with Gasteiger partial charge < -0.3 is 9.67 Å². The first-order chi connectivity index (χ1) is 5.95. The summed E-state index contributed by atoms with van der Waals surface area (Å²) in [5.41, 5.74) is 0.0172. The standard InChI is InChI=1S/C7H8BrClN2O2/c1-3(2)11-4(6(12)13)5(9)10-7(11)8/h3H,1-2H3,(H,12,13). The molecule has 0 aromatic carbocycles. The topological polar surface area (TPSA) is 55.1 Å². The van der Waals surface area contributed by atoms with E-state index in [9.17, 15) is 4.79 Å². The molecule has 1 heterocycles. The second-order valence-electron chi connectivity index (χ2n) is 2.79. The molecule has 0 unspecified atom stereocenters. The fourth-order valence-electron chi connectivity index (χ4n) is 1.04. The van der Waals surface area contributed by atoms with Crippen LogP contribution >= 0.6 is 27.5 Å². The molecular weight excluding hydrogens is 259 g/mol. The number of halogens is 2. The number of carboxylic acids is 1. The molecule has 0 aliphatic carbocycles. The summed E-state index contributed by atoms with van der Waals surface area (Å²) in [5, 5.41) is 8.85. The van der Waals surface area contributed by atoms with Crippen LogP contribution in [0.25, 0.3) is 0 Å². The zero-order valence-electron chi connectivity index (χ0n) is 7.08. The minimum absolute atomic E-state index is 0.000440. The van der Waals surface area contributed by atoms with Gasteiger partial charge in [-0.3, -0.25) is 0 Å². The lowest BCUT2D eigenvalue weighted by molar-refractivity contribution is 0.0683. The predicted molar refractivity (Wildman–Crippen MR) is 52.3 cm³/mol. The van der Waals surface area contributed by atoms with Gasteiger partial charge in [-0.05, 0) is 29.8 Å². The van der Waals surface area contributed by atoms with Crippen molar-refractivity contribution >= 4 is 33.5 Å². The van der Waals surface area contributed by atoms with E-state index in [0.717, 1.165) is 0 Å². The molecule has 0 bridgehead atoms. The molecule has 1 aromatic heterocycles. The van der Waals surface area contributed by atoms with Crippen molar-refractivity contribution in [2.75, 3.05) is 0 Å². The average molecular weight is 268 g/mol. The number of hydrogen-bond donors (Lipinski definition) is 1. The Morgan fingerprint density at radius 3 is 2.54 bits per heavy atom. The molecule has 0 fully saturated rings. The van der Waals surface area contributed by atoms with Crippen LogP contribution in [0.15, 0.2) is 4.73 Å². The molecule has 4 nitrogen and oxygen atoms in total. The molecular formula is C7H8BrClN2O2. The van der Waals surface area contributed by atoms with E-state index in [4.69, 9.17) is 16.7 Å². The van der Waals surface area contributed by atoms with Gasteiger partial charge in [-0.2, -0.15) is 0 Å². The molecule has 0 aliphatic rings. The maximum Gasteiger partial charge on any atom is 0.355 e. The second-order valence-corrected chi connectivity index (χ2v) is 3.86. The first-order valence-corrected chi connectivity index (χ1v) is 4.78. The van der Waals surface area contributed by atoms with Crippen molar-refractivity contribution in [3.8, 4) is 0 Å². The van der Waals surface area contributed by atoms with E-state index in [1.807, 2.05) is 13.8 Å². The molecule has 0 radical (unpaired) electrons. The van der Waals surface area contributed by atoms with Crippen LogP contribution in [0.3, 0.4) is 0 Å². The SMILES string of the molecule is CC(C)n1c(Br)nc(Cl)c1C(=O)O. The van der Waals surface area contributed by atoms with Gasteiger partial charge >= 0.3 is 5.97 Å². The van der Waals surface area contributed by atoms with Crippen molar-refractivity contribution in [3.63, 3.8) is 0 Å². The van der Waals surface area contributed by atoms with Gasteiger partial charge in [0.2, 0.25) is 0 Å². The number of imidazole rings is 1. The molecule has 13 heavy (non-hydrogen) atoms. The van der Waals surface area contributed by atoms with Crippen LogP contribution < -0.4 is 0 Å². The third-order valence-corrected chi connectivity index (χ3v) is 2.37. The first kappa shape index (κ1) is 10.5. The molecule has 0 saturated heterocycles. The Kier molecular flexibility index (Phi) is 2.98. The van der Waals surface area contributed by atoms with Gasteiger partial charge in [0, 0.05) is 6.04 Å². The largest absolute Gasteiger partial charge is 0.476 e. The molecule has 0 atom stereocenters. The minimum atomic E-state index is -1.07. The van der Waals surface area contributed by atoms with Crippen LogP contribution in [0.5, 0.6) is 0 Å².